The number of aliphatic hydroxyl groups excluding tert-OH is 1. The minimum absolute atomic E-state index is 0.0512. The van der Waals surface area contributed by atoms with Gasteiger partial charge in [-0.3, -0.25) is 4.79 Å². The second-order valence-electron chi connectivity index (χ2n) is 7.05. The summed E-state index contributed by atoms with van der Waals surface area (Å²) in [6, 6.07) is 6.10. The van der Waals surface area contributed by atoms with E-state index < -0.39 is 34.6 Å². The summed E-state index contributed by atoms with van der Waals surface area (Å²) >= 11 is 0. The zero-order valence-corrected chi connectivity index (χ0v) is 15.7. The maximum atomic E-state index is 14.4. The van der Waals surface area contributed by atoms with Crippen molar-refractivity contribution < 1.29 is 32.9 Å². The number of benzene rings is 2. The van der Waals surface area contributed by atoms with Crippen LogP contribution in [0.5, 0.6) is 0 Å². The molecular formula is C20H21F3N2O4. The summed E-state index contributed by atoms with van der Waals surface area (Å²) in [4.78, 5) is 14.0. The van der Waals surface area contributed by atoms with Gasteiger partial charge in [0.25, 0.3) is 5.91 Å². The molecule has 1 fully saturated rings. The second kappa shape index (κ2) is 8.40. The molecule has 3 N–H and O–H groups in total. The molecule has 0 atom stereocenters. The first-order valence-corrected chi connectivity index (χ1v) is 8.95. The molecule has 1 aliphatic rings. The lowest BCUT2D eigenvalue weighted by molar-refractivity contribution is -0.127. The quantitative estimate of drug-likeness (QED) is 0.611. The number of amides is 1. The summed E-state index contributed by atoms with van der Waals surface area (Å²) in [5.74, 6) is -3.82. The fourth-order valence-corrected chi connectivity index (χ4v) is 3.10. The van der Waals surface area contributed by atoms with E-state index in [1.807, 2.05) is 0 Å². The predicted molar refractivity (Wildman–Crippen MR) is 99.5 cm³/mol. The number of rotatable bonds is 7. The highest BCUT2D eigenvalue weighted by Gasteiger charge is 2.44. The normalized spacial score (nSPS) is 15.2. The van der Waals surface area contributed by atoms with Crippen LogP contribution in [0.2, 0.25) is 0 Å². The molecule has 1 saturated heterocycles. The Kier molecular flexibility index (Phi) is 6.11. The summed E-state index contributed by atoms with van der Waals surface area (Å²) in [6.45, 7) is 1.31. The molecule has 0 bridgehead atoms. The van der Waals surface area contributed by atoms with Crippen LogP contribution < -0.4 is 5.32 Å². The van der Waals surface area contributed by atoms with Crippen LogP contribution in [-0.4, -0.2) is 59.5 Å². The van der Waals surface area contributed by atoms with E-state index in [1.54, 1.807) is 13.0 Å². The molecule has 0 radical (unpaired) electrons. The molecule has 3 rings (SSSR count). The lowest BCUT2D eigenvalue weighted by Crippen LogP contribution is -2.65. The Morgan fingerprint density at radius 1 is 1.21 bits per heavy atom. The zero-order chi connectivity index (χ0) is 21.2. The largest absolute Gasteiger partial charge is 0.394 e. The lowest BCUT2D eigenvalue weighted by Gasteiger charge is -2.46. The van der Waals surface area contributed by atoms with E-state index >= 15 is 0 Å². The van der Waals surface area contributed by atoms with Gasteiger partial charge >= 0.3 is 0 Å². The van der Waals surface area contributed by atoms with Crippen molar-refractivity contribution in [3.05, 3.63) is 58.9 Å². The number of halogens is 3. The molecule has 0 unspecified atom stereocenters. The SMILES string of the molecule is Cc1ccc(Nc2c(C(=O)N3CC(O)(COCCO)C3)ccc(F)c2F)c(F)c1. The Bertz CT molecular complexity index is 917. The molecule has 6 nitrogen and oxygen atoms in total. The molecule has 0 spiro atoms. The van der Waals surface area contributed by atoms with Crippen LogP contribution >= 0.6 is 0 Å². The van der Waals surface area contributed by atoms with Gasteiger partial charge in [0.2, 0.25) is 0 Å². The molecule has 29 heavy (non-hydrogen) atoms. The number of hydrogen-bond acceptors (Lipinski definition) is 5. The summed E-state index contributed by atoms with van der Waals surface area (Å²) in [6.07, 6.45) is 0. The fourth-order valence-electron chi connectivity index (χ4n) is 3.10. The van der Waals surface area contributed by atoms with Gasteiger partial charge in [0.15, 0.2) is 11.6 Å². The Labute approximate surface area is 165 Å². The standard InChI is InChI=1S/C20H21F3N2O4/c1-12-2-5-16(15(22)8-12)24-18-13(3-4-14(21)17(18)23)19(27)25-9-20(28,10-25)11-29-7-6-26/h2-5,8,24,26,28H,6-7,9-11H2,1H3. The summed E-state index contributed by atoms with van der Waals surface area (Å²) in [5.41, 5.74) is -1.41. The van der Waals surface area contributed by atoms with Gasteiger partial charge in [-0.15, -0.1) is 0 Å². The minimum atomic E-state index is -1.31. The predicted octanol–water partition coefficient (Wildman–Crippen LogP) is 2.35. The van der Waals surface area contributed by atoms with Crippen molar-refractivity contribution in [1.29, 1.82) is 0 Å². The average Bonchev–Trinajstić information content (AvgIpc) is 2.65. The number of carbonyl (C=O) groups excluding carboxylic acids is 1. The summed E-state index contributed by atoms with van der Waals surface area (Å²) in [7, 11) is 0. The Balaban J connectivity index is 1.81. The number of nitrogens with zero attached hydrogens (tertiary/aromatic N) is 1. The van der Waals surface area contributed by atoms with Gasteiger partial charge in [-0.05, 0) is 36.8 Å². The maximum absolute atomic E-state index is 14.4. The highest BCUT2D eigenvalue weighted by Crippen LogP contribution is 2.31. The maximum Gasteiger partial charge on any atom is 0.256 e. The van der Waals surface area contributed by atoms with Crippen LogP contribution in [0.4, 0.5) is 24.5 Å². The first-order chi connectivity index (χ1) is 13.7. The van der Waals surface area contributed by atoms with E-state index in [4.69, 9.17) is 9.84 Å². The van der Waals surface area contributed by atoms with Gasteiger partial charge in [-0.1, -0.05) is 6.07 Å². The molecule has 0 aromatic heterocycles. The van der Waals surface area contributed by atoms with E-state index in [1.165, 1.54) is 17.0 Å². The molecule has 2 aromatic carbocycles. The summed E-state index contributed by atoms with van der Waals surface area (Å²) in [5, 5.41) is 21.4. The van der Waals surface area contributed by atoms with Gasteiger partial charge in [0, 0.05) is 0 Å². The molecule has 0 saturated carbocycles. The molecule has 1 amide bonds. The van der Waals surface area contributed by atoms with Crippen LogP contribution in [0.3, 0.4) is 0 Å². The minimum Gasteiger partial charge on any atom is -0.394 e. The fraction of sp³-hybridized carbons (Fsp3) is 0.350. The molecule has 2 aromatic rings. The number of anilines is 2. The molecule has 1 aliphatic heterocycles. The van der Waals surface area contributed by atoms with Gasteiger partial charge in [0.05, 0.1) is 49.8 Å². The molecule has 9 heteroatoms. The molecule has 156 valence electrons. The van der Waals surface area contributed by atoms with Crippen molar-refractivity contribution >= 4 is 17.3 Å². The third kappa shape index (κ3) is 4.52. The number of hydrogen-bond donors (Lipinski definition) is 3. The molecule has 0 aliphatic carbocycles. The van der Waals surface area contributed by atoms with Crippen LogP contribution in [0, 0.1) is 24.4 Å². The second-order valence-corrected chi connectivity index (χ2v) is 7.05. The number of carbonyl (C=O) groups is 1. The third-order valence-corrected chi connectivity index (χ3v) is 4.57. The average molecular weight is 410 g/mol. The first-order valence-electron chi connectivity index (χ1n) is 8.95. The van der Waals surface area contributed by atoms with E-state index in [0.29, 0.717) is 5.56 Å². The van der Waals surface area contributed by atoms with Crippen molar-refractivity contribution in [2.24, 2.45) is 0 Å². The smallest absolute Gasteiger partial charge is 0.256 e. The number of likely N-dealkylation sites (tertiary alicyclic amines) is 1. The van der Waals surface area contributed by atoms with Crippen molar-refractivity contribution in [1.82, 2.24) is 4.90 Å². The van der Waals surface area contributed by atoms with Crippen LogP contribution in [0.1, 0.15) is 15.9 Å². The monoisotopic (exact) mass is 410 g/mol. The van der Waals surface area contributed by atoms with Crippen molar-refractivity contribution in [3.8, 4) is 0 Å². The van der Waals surface area contributed by atoms with E-state index in [0.717, 1.165) is 12.1 Å². The number of aryl methyl sites for hydroxylation is 1. The van der Waals surface area contributed by atoms with Crippen LogP contribution in [0.15, 0.2) is 30.3 Å². The van der Waals surface area contributed by atoms with Crippen LogP contribution in [-0.2, 0) is 4.74 Å². The lowest BCUT2D eigenvalue weighted by atomic mass is 9.94. The summed E-state index contributed by atoms with van der Waals surface area (Å²) < 4.78 is 47.4. The van der Waals surface area contributed by atoms with Crippen molar-refractivity contribution in [2.45, 2.75) is 12.5 Å². The number of aliphatic hydroxyl groups is 2. The zero-order valence-electron chi connectivity index (χ0n) is 15.7. The molecular weight excluding hydrogens is 389 g/mol. The number of ether oxygens (including phenoxy) is 1. The van der Waals surface area contributed by atoms with Gasteiger partial charge in [-0.25, -0.2) is 13.2 Å². The van der Waals surface area contributed by atoms with Crippen LogP contribution in [0.25, 0.3) is 0 Å². The van der Waals surface area contributed by atoms with E-state index in [2.05, 4.69) is 5.32 Å². The highest BCUT2D eigenvalue weighted by molar-refractivity contribution is 6.01. The third-order valence-electron chi connectivity index (χ3n) is 4.57. The van der Waals surface area contributed by atoms with Gasteiger partial charge in [0.1, 0.15) is 11.4 Å². The van der Waals surface area contributed by atoms with E-state index in [9.17, 15) is 23.1 Å². The highest BCUT2D eigenvalue weighted by atomic mass is 19.2. The Hall–Kier alpha value is -2.62. The van der Waals surface area contributed by atoms with Gasteiger partial charge < -0.3 is 25.2 Å². The number of β-amino-alcohol motifs (C(OH)–C–C–N with tert-alkyl or cyclic N) is 1. The van der Waals surface area contributed by atoms with Crippen molar-refractivity contribution in [3.63, 3.8) is 0 Å². The van der Waals surface area contributed by atoms with Crippen molar-refractivity contribution in [2.75, 3.05) is 38.2 Å². The topological polar surface area (TPSA) is 82.0 Å². The number of nitrogens with one attached hydrogen (secondary N) is 1. The Morgan fingerprint density at radius 2 is 1.93 bits per heavy atom. The molecule has 1 heterocycles. The van der Waals surface area contributed by atoms with E-state index in [-0.39, 0.29) is 44.2 Å². The van der Waals surface area contributed by atoms with Gasteiger partial charge in [-0.2, -0.15) is 0 Å². The Morgan fingerprint density at radius 3 is 2.59 bits per heavy atom. The first kappa shape index (κ1) is 21.1.